The molecule has 1 unspecified atom stereocenters. The van der Waals surface area contributed by atoms with Crippen LogP contribution in [0.5, 0.6) is 11.5 Å². The van der Waals surface area contributed by atoms with Gasteiger partial charge in [-0.1, -0.05) is 12.1 Å². The second-order valence-corrected chi connectivity index (χ2v) is 6.53. The van der Waals surface area contributed by atoms with Crippen molar-refractivity contribution in [1.29, 1.82) is 0 Å². The summed E-state index contributed by atoms with van der Waals surface area (Å²) in [5.41, 5.74) is 3.62. The van der Waals surface area contributed by atoms with E-state index in [-0.39, 0.29) is 11.9 Å². The van der Waals surface area contributed by atoms with Gasteiger partial charge in [-0.25, -0.2) is 4.98 Å². The standard InChI is InChI=1S/C18H18N2O3S/c21-17(7-6-13-11-24-12-19-13)20-8-2-4-15(20)14-3-1-5-16-18(14)23-10-9-22-16/h1,3,5-7,11-12,15H,2,4,8-10H2/b7-6-. The highest BCUT2D eigenvalue weighted by Gasteiger charge is 2.32. The van der Waals surface area contributed by atoms with Crippen LogP contribution >= 0.6 is 11.3 Å². The summed E-state index contributed by atoms with van der Waals surface area (Å²) in [6.45, 7) is 1.88. The zero-order valence-electron chi connectivity index (χ0n) is 13.2. The molecule has 0 aliphatic carbocycles. The van der Waals surface area contributed by atoms with Crippen molar-refractivity contribution in [2.45, 2.75) is 18.9 Å². The van der Waals surface area contributed by atoms with Gasteiger partial charge in [0.2, 0.25) is 5.91 Å². The number of carbonyl (C=O) groups excluding carboxylic acids is 1. The lowest BCUT2D eigenvalue weighted by atomic mass is 10.0. The van der Waals surface area contributed by atoms with Crippen LogP contribution in [0.1, 0.15) is 30.1 Å². The van der Waals surface area contributed by atoms with Gasteiger partial charge in [-0.15, -0.1) is 11.3 Å². The molecule has 1 aromatic carbocycles. The summed E-state index contributed by atoms with van der Waals surface area (Å²) >= 11 is 1.52. The largest absolute Gasteiger partial charge is 0.486 e. The fourth-order valence-electron chi connectivity index (χ4n) is 3.27. The number of aromatic nitrogens is 1. The van der Waals surface area contributed by atoms with E-state index in [1.54, 1.807) is 17.7 Å². The molecule has 2 aliphatic heterocycles. The minimum absolute atomic E-state index is 0.0137. The Kier molecular flexibility index (Phi) is 4.21. The summed E-state index contributed by atoms with van der Waals surface area (Å²) in [5, 5.41) is 1.92. The molecule has 1 amide bonds. The van der Waals surface area contributed by atoms with Crippen molar-refractivity contribution in [2.24, 2.45) is 0 Å². The van der Waals surface area contributed by atoms with Crippen molar-refractivity contribution in [1.82, 2.24) is 9.88 Å². The Labute approximate surface area is 144 Å². The van der Waals surface area contributed by atoms with Crippen molar-refractivity contribution in [3.05, 3.63) is 46.4 Å². The molecule has 124 valence electrons. The highest BCUT2D eigenvalue weighted by Crippen LogP contribution is 2.42. The summed E-state index contributed by atoms with van der Waals surface area (Å²) in [5.74, 6) is 1.58. The average Bonchev–Trinajstić information content (AvgIpc) is 3.31. The average molecular weight is 342 g/mol. The minimum atomic E-state index is 0.0137. The minimum Gasteiger partial charge on any atom is -0.486 e. The lowest BCUT2D eigenvalue weighted by molar-refractivity contribution is -0.126. The number of hydrogen-bond acceptors (Lipinski definition) is 5. The van der Waals surface area contributed by atoms with E-state index in [9.17, 15) is 4.79 Å². The SMILES string of the molecule is O=C(/C=C\c1cscn1)N1CCCC1c1cccc2c1OCCO2. The number of rotatable bonds is 3. The number of fused-ring (bicyclic) bond motifs is 1. The Bertz CT molecular complexity index is 758. The van der Waals surface area contributed by atoms with Gasteiger partial charge in [0.25, 0.3) is 0 Å². The van der Waals surface area contributed by atoms with Crippen LogP contribution in [0.15, 0.2) is 35.2 Å². The second-order valence-electron chi connectivity index (χ2n) is 5.81. The van der Waals surface area contributed by atoms with Gasteiger partial charge in [-0.3, -0.25) is 4.79 Å². The van der Waals surface area contributed by atoms with Gasteiger partial charge in [-0.05, 0) is 25.0 Å². The van der Waals surface area contributed by atoms with Crippen molar-refractivity contribution in [2.75, 3.05) is 19.8 Å². The summed E-state index contributed by atoms with van der Waals surface area (Å²) in [6, 6.07) is 5.96. The van der Waals surface area contributed by atoms with Crippen LogP contribution in [0.3, 0.4) is 0 Å². The van der Waals surface area contributed by atoms with Crippen LogP contribution in [0.4, 0.5) is 0 Å². The lowest BCUT2D eigenvalue weighted by Gasteiger charge is -2.28. The lowest BCUT2D eigenvalue weighted by Crippen LogP contribution is -2.29. The molecule has 0 radical (unpaired) electrons. The molecule has 1 aromatic heterocycles. The van der Waals surface area contributed by atoms with Gasteiger partial charge in [-0.2, -0.15) is 0 Å². The first kappa shape index (κ1) is 15.2. The Morgan fingerprint density at radius 2 is 2.25 bits per heavy atom. The quantitative estimate of drug-likeness (QED) is 0.803. The maximum Gasteiger partial charge on any atom is 0.247 e. The third kappa shape index (κ3) is 2.89. The van der Waals surface area contributed by atoms with E-state index in [0.29, 0.717) is 13.2 Å². The summed E-state index contributed by atoms with van der Waals surface area (Å²) in [4.78, 5) is 18.7. The highest BCUT2D eigenvalue weighted by atomic mass is 32.1. The van der Waals surface area contributed by atoms with E-state index >= 15 is 0 Å². The molecule has 2 aromatic rings. The van der Waals surface area contributed by atoms with E-state index in [4.69, 9.17) is 9.47 Å². The molecule has 2 aliphatic rings. The predicted molar refractivity (Wildman–Crippen MR) is 92.3 cm³/mol. The van der Waals surface area contributed by atoms with Gasteiger partial charge in [0.1, 0.15) is 13.2 Å². The van der Waals surface area contributed by atoms with Crippen LogP contribution in [-0.2, 0) is 4.79 Å². The van der Waals surface area contributed by atoms with E-state index in [1.807, 2.05) is 28.5 Å². The third-order valence-electron chi connectivity index (χ3n) is 4.34. The topological polar surface area (TPSA) is 51.7 Å². The molecule has 3 heterocycles. The number of benzene rings is 1. The first-order valence-electron chi connectivity index (χ1n) is 8.08. The summed E-state index contributed by atoms with van der Waals surface area (Å²) in [7, 11) is 0. The second kappa shape index (κ2) is 6.65. The van der Waals surface area contributed by atoms with Crippen molar-refractivity contribution >= 4 is 23.3 Å². The Morgan fingerprint density at radius 1 is 1.33 bits per heavy atom. The number of para-hydroxylation sites is 1. The van der Waals surface area contributed by atoms with Crippen molar-refractivity contribution < 1.29 is 14.3 Å². The molecule has 0 spiro atoms. The van der Waals surface area contributed by atoms with Crippen LogP contribution in [0.25, 0.3) is 6.08 Å². The van der Waals surface area contributed by atoms with Crippen LogP contribution in [0, 0.1) is 0 Å². The first-order valence-corrected chi connectivity index (χ1v) is 9.02. The zero-order chi connectivity index (χ0) is 16.4. The number of hydrogen-bond donors (Lipinski definition) is 0. The number of likely N-dealkylation sites (tertiary alicyclic amines) is 1. The molecule has 5 nitrogen and oxygen atoms in total. The molecular weight excluding hydrogens is 324 g/mol. The fourth-order valence-corrected chi connectivity index (χ4v) is 3.79. The van der Waals surface area contributed by atoms with Gasteiger partial charge in [0, 0.05) is 23.6 Å². The van der Waals surface area contributed by atoms with Gasteiger partial charge < -0.3 is 14.4 Å². The highest BCUT2D eigenvalue weighted by molar-refractivity contribution is 7.07. The molecule has 6 heteroatoms. The molecule has 0 bridgehead atoms. The normalized spacial score (nSPS) is 19.8. The van der Waals surface area contributed by atoms with Crippen LogP contribution in [0.2, 0.25) is 0 Å². The van der Waals surface area contributed by atoms with E-state index in [2.05, 4.69) is 4.98 Å². The van der Waals surface area contributed by atoms with E-state index < -0.39 is 0 Å². The Balaban J connectivity index is 1.58. The van der Waals surface area contributed by atoms with Gasteiger partial charge >= 0.3 is 0 Å². The van der Waals surface area contributed by atoms with Crippen molar-refractivity contribution in [3.63, 3.8) is 0 Å². The fraction of sp³-hybridized carbons (Fsp3) is 0.333. The number of thiazole rings is 1. The zero-order valence-corrected chi connectivity index (χ0v) is 14.0. The van der Waals surface area contributed by atoms with E-state index in [1.165, 1.54) is 11.3 Å². The van der Waals surface area contributed by atoms with E-state index in [0.717, 1.165) is 42.1 Å². The smallest absolute Gasteiger partial charge is 0.247 e. The Morgan fingerprint density at radius 3 is 3.12 bits per heavy atom. The summed E-state index contributed by atoms with van der Waals surface area (Å²) < 4.78 is 11.5. The molecule has 0 N–H and O–H groups in total. The van der Waals surface area contributed by atoms with Crippen LogP contribution < -0.4 is 9.47 Å². The Hall–Kier alpha value is -2.34. The number of ether oxygens (including phenoxy) is 2. The monoisotopic (exact) mass is 342 g/mol. The predicted octanol–water partition coefficient (Wildman–Crippen LogP) is 3.29. The molecular formula is C18H18N2O3S. The number of nitrogens with zero attached hydrogens (tertiary/aromatic N) is 2. The third-order valence-corrected chi connectivity index (χ3v) is 4.94. The maximum absolute atomic E-state index is 12.6. The van der Waals surface area contributed by atoms with Gasteiger partial charge in [0.15, 0.2) is 11.5 Å². The summed E-state index contributed by atoms with van der Waals surface area (Å²) in [6.07, 6.45) is 5.32. The molecule has 1 fully saturated rings. The maximum atomic E-state index is 12.6. The molecule has 24 heavy (non-hydrogen) atoms. The molecule has 1 atom stereocenters. The number of carbonyl (C=O) groups is 1. The molecule has 4 rings (SSSR count). The van der Waals surface area contributed by atoms with Gasteiger partial charge in [0.05, 0.1) is 17.2 Å². The van der Waals surface area contributed by atoms with Crippen molar-refractivity contribution in [3.8, 4) is 11.5 Å². The molecule has 1 saturated heterocycles. The van der Waals surface area contributed by atoms with Crippen LogP contribution in [-0.4, -0.2) is 35.5 Å². The first-order chi connectivity index (χ1) is 11.8. The molecule has 0 saturated carbocycles. The number of amides is 1.